The van der Waals surface area contributed by atoms with Crippen molar-refractivity contribution in [2.24, 2.45) is 0 Å². The van der Waals surface area contributed by atoms with Crippen molar-refractivity contribution in [3.8, 4) is 22.8 Å². The molecule has 4 aromatic rings. The fourth-order valence-electron chi connectivity index (χ4n) is 4.12. The summed E-state index contributed by atoms with van der Waals surface area (Å²) in [5.74, 6) is 1.94. The molecule has 0 fully saturated rings. The van der Waals surface area contributed by atoms with E-state index in [0.717, 1.165) is 28.2 Å². The maximum Gasteiger partial charge on any atom is 0.250 e. The van der Waals surface area contributed by atoms with Crippen molar-refractivity contribution < 1.29 is 13.6 Å². The number of nitrogens with one attached hydrogen (secondary N) is 1. The Balaban J connectivity index is 1.53. The minimum atomic E-state index is -1.95. The Kier molecular flexibility index (Phi) is 10.4. The Bertz CT molecular complexity index is 1650. The van der Waals surface area contributed by atoms with E-state index in [1.807, 2.05) is 91.0 Å². The summed E-state index contributed by atoms with van der Waals surface area (Å²) >= 11 is 0. The van der Waals surface area contributed by atoms with E-state index in [2.05, 4.69) is 78.0 Å². The first-order chi connectivity index (χ1) is 21.4. The first kappa shape index (κ1) is 34.8. The summed E-state index contributed by atoms with van der Waals surface area (Å²) in [5, 5.41) is 3.21. The van der Waals surface area contributed by atoms with Gasteiger partial charge in [0, 0.05) is 5.56 Å². The molecule has 1 aromatic heterocycles. The summed E-state index contributed by atoms with van der Waals surface area (Å²) in [6.07, 6.45) is 5.78. The van der Waals surface area contributed by atoms with Gasteiger partial charge < -0.3 is 14.2 Å². The summed E-state index contributed by atoms with van der Waals surface area (Å²) in [6.45, 7) is 22.3. The summed E-state index contributed by atoms with van der Waals surface area (Å²) in [5.41, 5.74) is 4.13. The van der Waals surface area contributed by atoms with Gasteiger partial charge in [0.2, 0.25) is 22.5 Å². The van der Waals surface area contributed by atoms with E-state index in [-0.39, 0.29) is 22.4 Å². The largest absolute Gasteiger partial charge is 0.544 e. The number of aromatic nitrogens is 2. The molecule has 1 N–H and O–H groups in total. The van der Waals surface area contributed by atoms with Crippen LogP contribution >= 0.6 is 0 Å². The van der Waals surface area contributed by atoms with Crippen molar-refractivity contribution in [3.63, 3.8) is 0 Å². The first-order valence-corrected chi connectivity index (χ1v) is 21.7. The summed E-state index contributed by atoms with van der Waals surface area (Å²) in [4.78, 5) is 22.8. The molecule has 0 saturated carbocycles. The third-order valence-corrected chi connectivity index (χ3v) is 17.8. The van der Waals surface area contributed by atoms with E-state index in [1.165, 1.54) is 0 Å². The molecule has 3 aromatic carbocycles. The lowest BCUT2D eigenvalue weighted by atomic mass is 10.1. The fraction of sp³-hybridized carbons (Fsp3) is 0.342. The van der Waals surface area contributed by atoms with Crippen molar-refractivity contribution in [1.82, 2.24) is 9.97 Å². The van der Waals surface area contributed by atoms with Gasteiger partial charge in [-0.15, -0.1) is 0 Å². The van der Waals surface area contributed by atoms with Gasteiger partial charge in [-0.2, -0.15) is 0 Å². The summed E-state index contributed by atoms with van der Waals surface area (Å²) in [6, 6.07) is 25.8. The molecule has 6 nitrogen and oxygen atoms in total. The molecule has 0 aliphatic rings. The minimum absolute atomic E-state index is 0.108. The van der Waals surface area contributed by atoms with Gasteiger partial charge in [0.05, 0.1) is 18.3 Å². The molecular formula is C38H49N3O3Si2. The van der Waals surface area contributed by atoms with E-state index in [0.29, 0.717) is 17.2 Å². The van der Waals surface area contributed by atoms with E-state index in [4.69, 9.17) is 13.8 Å². The second-order valence-electron chi connectivity index (χ2n) is 14.9. The standard InChI is InChI=1S/C38H49N3O3Si2/c1-37(2,3)45(7,8)43-31-21-16-29(17-22-31)26-35(42)41-36-33(25-18-28-14-12-11-13-15-28)40-34(27-39-36)30-19-23-32(24-20-30)44-46(9,10)38(4,5)6/h11-25,27H,26H2,1-10H3,(H,39,41,42). The molecule has 0 aliphatic carbocycles. The average Bonchev–Trinajstić information content (AvgIpc) is 2.97. The second-order valence-corrected chi connectivity index (χ2v) is 24.3. The van der Waals surface area contributed by atoms with Crippen LogP contribution in [-0.2, 0) is 11.2 Å². The summed E-state index contributed by atoms with van der Waals surface area (Å²) in [7, 11) is -3.89. The number of amides is 1. The zero-order valence-corrected chi connectivity index (χ0v) is 31.1. The number of hydrogen-bond donors (Lipinski definition) is 1. The van der Waals surface area contributed by atoms with Crippen molar-refractivity contribution in [2.45, 2.75) is 84.2 Å². The minimum Gasteiger partial charge on any atom is -0.544 e. The molecule has 0 atom stereocenters. The highest BCUT2D eigenvalue weighted by atomic mass is 28.4. The molecule has 46 heavy (non-hydrogen) atoms. The lowest BCUT2D eigenvalue weighted by Gasteiger charge is -2.36. The number of carbonyl (C=O) groups is 1. The predicted molar refractivity (Wildman–Crippen MR) is 197 cm³/mol. The molecule has 0 saturated heterocycles. The van der Waals surface area contributed by atoms with Gasteiger partial charge in [-0.05, 0) is 89.9 Å². The molecule has 4 rings (SSSR count). The molecule has 242 valence electrons. The third kappa shape index (κ3) is 9.04. The van der Waals surface area contributed by atoms with Crippen LogP contribution in [0, 0.1) is 0 Å². The number of hydrogen-bond acceptors (Lipinski definition) is 5. The Labute approximate surface area is 277 Å². The Morgan fingerprint density at radius 1 is 0.739 bits per heavy atom. The quantitative estimate of drug-likeness (QED) is 0.173. The lowest BCUT2D eigenvalue weighted by Crippen LogP contribution is -2.43. The molecule has 0 spiro atoms. The molecule has 1 heterocycles. The van der Waals surface area contributed by atoms with E-state index in [1.54, 1.807) is 6.20 Å². The zero-order valence-electron chi connectivity index (χ0n) is 29.1. The van der Waals surface area contributed by atoms with Crippen LogP contribution in [0.5, 0.6) is 11.5 Å². The van der Waals surface area contributed by atoms with E-state index >= 15 is 0 Å². The van der Waals surface area contributed by atoms with Crippen LogP contribution < -0.4 is 14.2 Å². The van der Waals surface area contributed by atoms with Crippen molar-refractivity contribution in [3.05, 3.63) is 102 Å². The van der Waals surface area contributed by atoms with Gasteiger partial charge in [-0.25, -0.2) is 9.97 Å². The van der Waals surface area contributed by atoms with Gasteiger partial charge in [0.25, 0.3) is 0 Å². The average molecular weight is 652 g/mol. The summed E-state index contributed by atoms with van der Waals surface area (Å²) < 4.78 is 12.9. The monoisotopic (exact) mass is 651 g/mol. The number of nitrogens with zero attached hydrogens (tertiary/aromatic N) is 2. The maximum atomic E-state index is 13.2. The van der Waals surface area contributed by atoms with Crippen LogP contribution in [0.4, 0.5) is 5.82 Å². The van der Waals surface area contributed by atoms with Crippen molar-refractivity contribution in [1.29, 1.82) is 0 Å². The van der Waals surface area contributed by atoms with E-state index < -0.39 is 16.6 Å². The smallest absolute Gasteiger partial charge is 0.250 e. The fourth-order valence-corrected chi connectivity index (χ4v) is 6.18. The van der Waals surface area contributed by atoms with Crippen LogP contribution in [0.2, 0.25) is 36.3 Å². The Morgan fingerprint density at radius 2 is 1.26 bits per heavy atom. The van der Waals surface area contributed by atoms with Crippen LogP contribution in [-0.4, -0.2) is 32.5 Å². The van der Waals surface area contributed by atoms with Gasteiger partial charge in [-0.1, -0.05) is 90.1 Å². The number of anilines is 1. The molecule has 8 heteroatoms. The number of benzene rings is 3. The van der Waals surface area contributed by atoms with E-state index in [9.17, 15) is 4.79 Å². The van der Waals surface area contributed by atoms with Gasteiger partial charge in [0.15, 0.2) is 5.82 Å². The highest BCUT2D eigenvalue weighted by Crippen LogP contribution is 2.38. The molecule has 0 aliphatic heterocycles. The second kappa shape index (κ2) is 13.8. The van der Waals surface area contributed by atoms with Crippen molar-refractivity contribution in [2.75, 3.05) is 5.32 Å². The lowest BCUT2D eigenvalue weighted by molar-refractivity contribution is -0.115. The molecular weight excluding hydrogens is 603 g/mol. The maximum absolute atomic E-state index is 13.2. The molecule has 0 unspecified atom stereocenters. The Hall–Kier alpha value is -4.02. The number of rotatable bonds is 10. The van der Waals surface area contributed by atoms with Crippen LogP contribution in [0.25, 0.3) is 23.4 Å². The van der Waals surface area contributed by atoms with Crippen molar-refractivity contribution >= 4 is 40.5 Å². The molecule has 0 radical (unpaired) electrons. The topological polar surface area (TPSA) is 73.3 Å². The van der Waals surface area contributed by atoms with Gasteiger partial charge in [0.1, 0.15) is 17.2 Å². The molecule has 1 amide bonds. The highest BCUT2D eigenvalue weighted by molar-refractivity contribution is 6.75. The van der Waals surface area contributed by atoms with Crippen LogP contribution in [0.3, 0.4) is 0 Å². The predicted octanol–water partition coefficient (Wildman–Crippen LogP) is 10.3. The highest BCUT2D eigenvalue weighted by Gasteiger charge is 2.39. The zero-order chi connectivity index (χ0) is 33.8. The van der Waals surface area contributed by atoms with Crippen LogP contribution in [0.15, 0.2) is 85.1 Å². The number of carbonyl (C=O) groups excluding carboxylic acids is 1. The Morgan fingerprint density at radius 3 is 1.78 bits per heavy atom. The first-order valence-electron chi connectivity index (χ1n) is 15.9. The SMILES string of the molecule is CC(C)(C)[Si](C)(C)Oc1ccc(CC(=O)Nc2ncc(-c3ccc(O[Si](C)(C)C(C)(C)C)cc3)nc2C=Cc2ccccc2)cc1. The van der Waals surface area contributed by atoms with Gasteiger partial charge >= 0.3 is 0 Å². The third-order valence-electron chi connectivity index (χ3n) is 9.09. The van der Waals surface area contributed by atoms with Crippen LogP contribution in [0.1, 0.15) is 58.4 Å². The van der Waals surface area contributed by atoms with Gasteiger partial charge in [-0.3, -0.25) is 4.79 Å². The molecule has 0 bridgehead atoms. The normalized spacial score (nSPS) is 12.7.